The van der Waals surface area contributed by atoms with Crippen molar-refractivity contribution in [3.8, 4) is 0 Å². The Morgan fingerprint density at radius 2 is 1.69 bits per heavy atom. The van der Waals surface area contributed by atoms with E-state index in [1.54, 1.807) is 17.2 Å². The lowest BCUT2D eigenvalue weighted by Gasteiger charge is -1.93. The van der Waals surface area contributed by atoms with Gasteiger partial charge in [0.1, 0.15) is 0 Å². The van der Waals surface area contributed by atoms with Crippen molar-refractivity contribution in [3.63, 3.8) is 0 Å². The lowest BCUT2D eigenvalue weighted by molar-refractivity contribution is 0.912. The molecule has 82 valence electrons. The number of aromatic amines is 1. The van der Waals surface area contributed by atoms with E-state index >= 15 is 0 Å². The summed E-state index contributed by atoms with van der Waals surface area (Å²) in [5.74, 6) is 0. The fourth-order valence-electron chi connectivity index (χ4n) is 1.83. The van der Waals surface area contributed by atoms with Gasteiger partial charge in [0.05, 0.1) is 0 Å². The molecular formula is C13H14N2O. The van der Waals surface area contributed by atoms with E-state index in [0.717, 1.165) is 0 Å². The highest BCUT2D eigenvalue weighted by atomic mass is 16.1. The van der Waals surface area contributed by atoms with Gasteiger partial charge in [-0.2, -0.15) is 5.10 Å². The molecule has 1 N–H and O–H groups in total. The number of aryl methyl sites for hydroxylation is 2. The Morgan fingerprint density at radius 1 is 1.00 bits per heavy atom. The van der Waals surface area contributed by atoms with E-state index in [1.807, 2.05) is 0 Å². The van der Waals surface area contributed by atoms with Gasteiger partial charge in [-0.15, -0.1) is 0 Å². The van der Waals surface area contributed by atoms with Crippen LogP contribution >= 0.6 is 0 Å². The van der Waals surface area contributed by atoms with Crippen molar-refractivity contribution < 1.29 is 0 Å². The lowest BCUT2D eigenvalue weighted by Crippen LogP contribution is -2.02. The number of aromatic nitrogens is 2. The summed E-state index contributed by atoms with van der Waals surface area (Å²) in [5, 5.41) is 5.67. The van der Waals surface area contributed by atoms with Crippen LogP contribution in [0.1, 0.15) is 17.5 Å². The average molecular weight is 214 g/mol. The number of nitrogens with zero attached hydrogens (tertiary/aromatic N) is 1. The first kappa shape index (κ1) is 10.6. The van der Waals surface area contributed by atoms with Crippen molar-refractivity contribution in [2.24, 2.45) is 0 Å². The van der Waals surface area contributed by atoms with Gasteiger partial charge in [-0.05, 0) is 36.5 Å². The van der Waals surface area contributed by atoms with Gasteiger partial charge in [-0.25, -0.2) is 5.10 Å². The number of fused-ring (bicyclic) bond motifs is 1. The quantitative estimate of drug-likeness (QED) is 0.728. The second-order valence-electron chi connectivity index (χ2n) is 3.74. The van der Waals surface area contributed by atoms with Crippen molar-refractivity contribution in [2.75, 3.05) is 0 Å². The van der Waals surface area contributed by atoms with Crippen LogP contribution in [-0.4, -0.2) is 10.2 Å². The van der Waals surface area contributed by atoms with Gasteiger partial charge in [-0.1, -0.05) is 24.3 Å². The Labute approximate surface area is 94.2 Å². The highest BCUT2D eigenvalue weighted by Gasteiger charge is 2.07. The van der Waals surface area contributed by atoms with E-state index in [0.29, 0.717) is 0 Å². The zero-order valence-corrected chi connectivity index (χ0v) is 9.02. The highest BCUT2D eigenvalue weighted by molar-refractivity contribution is 5.30. The molecule has 0 aliphatic heterocycles. The molecule has 0 amide bonds. The van der Waals surface area contributed by atoms with Crippen molar-refractivity contribution in [2.45, 2.75) is 19.3 Å². The summed E-state index contributed by atoms with van der Waals surface area (Å²) in [6.07, 6.45) is 5.48. The van der Waals surface area contributed by atoms with Crippen molar-refractivity contribution in [1.82, 2.24) is 10.2 Å². The number of hydrogen-bond acceptors (Lipinski definition) is 2. The minimum atomic E-state index is -0.164. The third-order valence-corrected chi connectivity index (χ3v) is 2.59. The van der Waals surface area contributed by atoms with Crippen LogP contribution in [0.15, 0.2) is 47.4 Å². The van der Waals surface area contributed by atoms with Crippen molar-refractivity contribution >= 4 is 0 Å². The number of rotatable bonds is 0. The molecule has 1 aliphatic rings. The number of H-pyrrole nitrogens is 1. The van der Waals surface area contributed by atoms with E-state index in [-0.39, 0.29) is 5.56 Å². The first-order valence-corrected chi connectivity index (χ1v) is 5.43. The topological polar surface area (TPSA) is 45.8 Å². The predicted molar refractivity (Wildman–Crippen MR) is 63.3 cm³/mol. The molecule has 16 heavy (non-hydrogen) atoms. The third-order valence-electron chi connectivity index (χ3n) is 2.59. The Bertz CT molecular complexity index is 465. The fraction of sp³-hybridized carbons (Fsp3) is 0.231. The maximum Gasteiger partial charge on any atom is 0.264 e. The largest absolute Gasteiger partial charge is 0.268 e. The summed E-state index contributed by atoms with van der Waals surface area (Å²) in [7, 11) is 0. The van der Waals surface area contributed by atoms with E-state index < -0.39 is 0 Å². The van der Waals surface area contributed by atoms with E-state index in [4.69, 9.17) is 0 Å². The zero-order valence-electron chi connectivity index (χ0n) is 9.02. The number of benzene rings is 1. The van der Waals surface area contributed by atoms with Crippen LogP contribution in [0, 0.1) is 0 Å². The summed E-state index contributed by atoms with van der Waals surface area (Å²) in [5.41, 5.74) is 2.97. The van der Waals surface area contributed by atoms with Crippen LogP contribution < -0.4 is 5.56 Å². The van der Waals surface area contributed by atoms with Gasteiger partial charge in [0, 0.05) is 12.3 Å². The molecule has 0 unspecified atom stereocenters. The van der Waals surface area contributed by atoms with Gasteiger partial charge >= 0.3 is 0 Å². The molecule has 1 aromatic heterocycles. The summed E-state index contributed by atoms with van der Waals surface area (Å²) in [4.78, 5) is 10.2. The average Bonchev–Trinajstić information content (AvgIpc) is 2.79. The molecule has 0 atom stereocenters. The van der Waals surface area contributed by atoms with Crippen LogP contribution in [-0.2, 0) is 12.8 Å². The normalized spacial score (nSPS) is 12.5. The molecule has 1 aliphatic carbocycles. The molecule has 2 aromatic rings. The summed E-state index contributed by atoms with van der Waals surface area (Å²) in [6.45, 7) is 0. The molecule has 0 fully saturated rings. The molecule has 0 spiro atoms. The van der Waals surface area contributed by atoms with E-state index in [9.17, 15) is 4.79 Å². The molecule has 0 radical (unpaired) electrons. The molecule has 3 rings (SSSR count). The Balaban J connectivity index is 0.000000125. The third kappa shape index (κ3) is 2.79. The molecule has 0 saturated carbocycles. The van der Waals surface area contributed by atoms with Gasteiger partial charge in [0.15, 0.2) is 0 Å². The minimum absolute atomic E-state index is 0.164. The molecule has 1 aromatic carbocycles. The van der Waals surface area contributed by atoms with Gasteiger partial charge in [-0.3, -0.25) is 4.79 Å². The van der Waals surface area contributed by atoms with Crippen molar-refractivity contribution in [1.29, 1.82) is 0 Å². The van der Waals surface area contributed by atoms with Gasteiger partial charge in [0.2, 0.25) is 0 Å². The Kier molecular flexibility index (Phi) is 3.49. The summed E-state index contributed by atoms with van der Waals surface area (Å²) in [6, 6.07) is 11.7. The fourth-order valence-corrected chi connectivity index (χ4v) is 1.83. The lowest BCUT2D eigenvalue weighted by atomic mass is 10.1. The van der Waals surface area contributed by atoms with E-state index in [1.165, 1.54) is 31.5 Å². The highest BCUT2D eigenvalue weighted by Crippen LogP contribution is 2.20. The first-order chi connectivity index (χ1) is 7.86. The van der Waals surface area contributed by atoms with Crippen LogP contribution in [0.2, 0.25) is 0 Å². The van der Waals surface area contributed by atoms with Gasteiger partial charge in [0.25, 0.3) is 5.56 Å². The SMILES string of the molecule is O=c1cccn[nH]1.c1ccc2c(c1)CCC2. The molecule has 3 heteroatoms. The minimum Gasteiger partial charge on any atom is -0.268 e. The Hall–Kier alpha value is -1.90. The smallest absolute Gasteiger partial charge is 0.264 e. The summed E-state index contributed by atoms with van der Waals surface area (Å²) < 4.78 is 0. The first-order valence-electron chi connectivity index (χ1n) is 5.43. The molecular weight excluding hydrogens is 200 g/mol. The Morgan fingerprint density at radius 3 is 2.12 bits per heavy atom. The zero-order chi connectivity index (χ0) is 11.2. The number of hydrogen-bond donors (Lipinski definition) is 1. The molecule has 0 bridgehead atoms. The van der Waals surface area contributed by atoms with Crippen LogP contribution in [0.4, 0.5) is 0 Å². The second-order valence-corrected chi connectivity index (χ2v) is 3.74. The monoisotopic (exact) mass is 214 g/mol. The maximum atomic E-state index is 10.2. The second kappa shape index (κ2) is 5.26. The van der Waals surface area contributed by atoms with Crippen LogP contribution in [0.5, 0.6) is 0 Å². The molecule has 0 saturated heterocycles. The van der Waals surface area contributed by atoms with Gasteiger partial charge < -0.3 is 0 Å². The summed E-state index contributed by atoms with van der Waals surface area (Å²) >= 11 is 0. The van der Waals surface area contributed by atoms with Crippen LogP contribution in [0.25, 0.3) is 0 Å². The maximum absolute atomic E-state index is 10.2. The molecule has 1 heterocycles. The number of nitrogens with one attached hydrogen (secondary N) is 1. The molecule has 3 nitrogen and oxygen atoms in total. The standard InChI is InChI=1S/C9H10.C4H4N2O/c1-2-5-9-7-3-6-8(9)4-1;7-4-2-1-3-5-6-4/h1-2,4-5H,3,6-7H2;1-3H,(H,6,7). The van der Waals surface area contributed by atoms with E-state index in [2.05, 4.69) is 34.5 Å². The van der Waals surface area contributed by atoms with Crippen molar-refractivity contribution in [3.05, 3.63) is 64.1 Å². The predicted octanol–water partition coefficient (Wildman–Crippen LogP) is 1.95. The van der Waals surface area contributed by atoms with Crippen LogP contribution in [0.3, 0.4) is 0 Å².